The van der Waals surface area contributed by atoms with Gasteiger partial charge in [0.2, 0.25) is 0 Å². The first-order chi connectivity index (χ1) is 11.8. The normalized spacial score (nSPS) is 36.8. The van der Waals surface area contributed by atoms with E-state index in [0.717, 1.165) is 12.4 Å². The van der Waals surface area contributed by atoms with Gasteiger partial charge in [0.15, 0.2) is 0 Å². The van der Waals surface area contributed by atoms with E-state index in [1.807, 2.05) is 0 Å². The van der Waals surface area contributed by atoms with E-state index in [-0.39, 0.29) is 12.1 Å². The molecule has 0 spiro atoms. The van der Waals surface area contributed by atoms with Crippen LogP contribution in [0.3, 0.4) is 0 Å². The average molecular weight is 364 g/mol. The van der Waals surface area contributed by atoms with Crippen LogP contribution in [0.1, 0.15) is 48.5 Å². The second kappa shape index (κ2) is 6.64. The minimum Gasteiger partial charge on any atom is -0.546 e. The number of hydrogen-bond acceptors (Lipinski definition) is 3. The zero-order valence-corrected chi connectivity index (χ0v) is 17.6. The first-order valence-corrected chi connectivity index (χ1v) is 12.0. The highest BCUT2D eigenvalue weighted by molar-refractivity contribution is 6.77. The van der Waals surface area contributed by atoms with E-state index in [1.165, 1.54) is 0 Å². The Labute approximate surface area is 152 Å². The van der Waals surface area contributed by atoms with Crippen LogP contribution in [0.5, 0.6) is 0 Å². The van der Waals surface area contributed by atoms with Crippen molar-refractivity contribution in [2.75, 3.05) is 6.61 Å². The molecule has 2 aliphatic carbocycles. The van der Waals surface area contributed by atoms with Gasteiger partial charge in [0.25, 0.3) is 8.32 Å². The van der Waals surface area contributed by atoms with Gasteiger partial charge in [0, 0.05) is 16.7 Å². The number of hydrogen-bond donors (Lipinski definition) is 0. The van der Waals surface area contributed by atoms with Crippen LogP contribution < -0.4 is 0 Å². The molecular formula is C19H33N3O2Si. The highest BCUT2D eigenvalue weighted by atomic mass is 28.4. The largest absolute Gasteiger partial charge is 0.546 e. The van der Waals surface area contributed by atoms with E-state index in [0.29, 0.717) is 40.3 Å². The van der Waals surface area contributed by atoms with Crippen molar-refractivity contribution in [1.29, 1.82) is 0 Å². The van der Waals surface area contributed by atoms with Gasteiger partial charge in [-0.15, -0.1) is 0 Å². The molecule has 0 aromatic heterocycles. The molecule has 1 saturated carbocycles. The summed E-state index contributed by atoms with van der Waals surface area (Å²) in [5.41, 5.74) is 10.6. The van der Waals surface area contributed by atoms with Crippen LogP contribution >= 0.6 is 0 Å². The van der Waals surface area contributed by atoms with Crippen molar-refractivity contribution in [1.82, 2.24) is 0 Å². The van der Waals surface area contributed by atoms with Crippen LogP contribution in [0.25, 0.3) is 10.4 Å². The third-order valence-electron chi connectivity index (χ3n) is 7.20. The monoisotopic (exact) mass is 363 g/mol. The summed E-state index contributed by atoms with van der Waals surface area (Å²) in [6.07, 6.45) is 2.14. The summed E-state index contributed by atoms with van der Waals surface area (Å²) in [4.78, 5) is 3.07. The fourth-order valence-corrected chi connectivity index (χ4v) is 11.4. The van der Waals surface area contributed by atoms with E-state index < -0.39 is 8.32 Å². The maximum Gasteiger partial charge on any atom is 0.258 e. The van der Waals surface area contributed by atoms with Crippen LogP contribution in [0, 0.1) is 23.7 Å². The van der Waals surface area contributed by atoms with Crippen molar-refractivity contribution in [2.45, 2.75) is 77.2 Å². The predicted molar refractivity (Wildman–Crippen MR) is 103 cm³/mol. The first-order valence-electron chi connectivity index (χ1n) is 9.82. The Morgan fingerprint density at radius 2 is 1.80 bits per heavy atom. The second-order valence-corrected chi connectivity index (χ2v) is 14.5. The van der Waals surface area contributed by atoms with Crippen LogP contribution in [0.4, 0.5) is 0 Å². The number of allylic oxidation sites excluding steroid dienone is 1. The van der Waals surface area contributed by atoms with Crippen molar-refractivity contribution >= 4 is 8.32 Å². The maximum absolute atomic E-state index is 8.99. The summed E-state index contributed by atoms with van der Waals surface area (Å²) in [6, 6.07) is -0.225. The third-order valence-corrected chi connectivity index (χ3v) is 13.2. The molecule has 0 bridgehead atoms. The van der Waals surface area contributed by atoms with E-state index in [4.69, 9.17) is 14.7 Å². The highest BCUT2D eigenvalue weighted by Crippen LogP contribution is 2.60. The second-order valence-electron chi connectivity index (χ2n) is 9.11. The average Bonchev–Trinajstić information content (AvgIpc) is 2.93. The van der Waals surface area contributed by atoms with Crippen molar-refractivity contribution in [3.8, 4) is 0 Å². The van der Waals surface area contributed by atoms with Crippen LogP contribution in [0.15, 0.2) is 16.9 Å². The molecule has 1 saturated heterocycles. The predicted octanol–water partition coefficient (Wildman–Crippen LogP) is 5.65. The van der Waals surface area contributed by atoms with Crippen molar-refractivity contribution in [3.05, 3.63) is 22.3 Å². The Morgan fingerprint density at radius 3 is 2.32 bits per heavy atom. The van der Waals surface area contributed by atoms with E-state index >= 15 is 0 Å². The van der Waals surface area contributed by atoms with Gasteiger partial charge < -0.3 is 9.16 Å². The van der Waals surface area contributed by atoms with Gasteiger partial charge in [-0.05, 0) is 40.1 Å². The summed E-state index contributed by atoms with van der Waals surface area (Å²) in [5, 5.41) is 4.04. The Morgan fingerprint density at radius 1 is 1.20 bits per heavy atom. The zero-order chi connectivity index (χ0) is 18.5. The van der Waals surface area contributed by atoms with E-state index in [1.54, 1.807) is 0 Å². The van der Waals surface area contributed by atoms with Gasteiger partial charge in [-0.2, -0.15) is 0 Å². The van der Waals surface area contributed by atoms with Crippen LogP contribution in [0.2, 0.25) is 16.6 Å². The number of rotatable bonds is 6. The standard InChI is InChI=1S/C19H33N3O2Si/c1-10(2)25(11(3)4,12(5)6)24-16-8-15(21-22-20)19-18-14(9-23-19)13(7)17(16)18/h8,10-15,17-19H,9H2,1-7H3/t13-,14-,15-,17-,18-,19+/m1/s1. The SMILES string of the molecule is CC(C)[Si](OC1=C[C@@H](N=[N+]=[N-])[C@@H]2OC[C@@H]3[C@@H](C)[C@H]1[C@@H]32)(C(C)C)C(C)C. The van der Waals surface area contributed by atoms with E-state index in [2.05, 4.69) is 64.6 Å². The lowest BCUT2D eigenvalue weighted by Gasteiger charge is -2.54. The van der Waals surface area contributed by atoms with Gasteiger partial charge in [0.1, 0.15) is 0 Å². The van der Waals surface area contributed by atoms with Crippen molar-refractivity contribution in [3.63, 3.8) is 0 Å². The van der Waals surface area contributed by atoms with Gasteiger partial charge in [-0.1, -0.05) is 53.6 Å². The Bertz CT molecular complexity index is 576. The number of ether oxygens (including phenoxy) is 1. The van der Waals surface area contributed by atoms with Crippen molar-refractivity contribution < 1.29 is 9.16 Å². The summed E-state index contributed by atoms with van der Waals surface area (Å²) < 4.78 is 13.0. The van der Waals surface area contributed by atoms with Crippen molar-refractivity contribution in [2.24, 2.45) is 28.8 Å². The molecule has 3 rings (SSSR count). The maximum atomic E-state index is 8.99. The molecule has 0 aromatic rings. The Kier molecular flexibility index (Phi) is 4.99. The molecule has 3 aliphatic rings. The van der Waals surface area contributed by atoms with Gasteiger partial charge in [-0.25, -0.2) is 0 Å². The Balaban J connectivity index is 1.99. The summed E-state index contributed by atoms with van der Waals surface area (Å²) in [6.45, 7) is 17.0. The lowest BCUT2D eigenvalue weighted by atomic mass is 9.54. The molecule has 1 heterocycles. The third kappa shape index (κ3) is 2.65. The quantitative estimate of drug-likeness (QED) is 0.265. The molecule has 5 nitrogen and oxygen atoms in total. The minimum absolute atomic E-state index is 0.0441. The molecule has 25 heavy (non-hydrogen) atoms. The first kappa shape index (κ1) is 18.8. The molecule has 0 N–H and O–H groups in total. The van der Waals surface area contributed by atoms with Crippen LogP contribution in [-0.2, 0) is 9.16 Å². The molecule has 2 fully saturated rings. The van der Waals surface area contributed by atoms with E-state index in [9.17, 15) is 0 Å². The molecule has 0 radical (unpaired) electrons. The highest BCUT2D eigenvalue weighted by Gasteiger charge is 2.62. The molecule has 0 amide bonds. The Hall–Kier alpha value is -0.973. The lowest BCUT2D eigenvalue weighted by Crippen LogP contribution is -2.56. The molecule has 6 heteroatoms. The summed E-state index contributed by atoms with van der Waals surface area (Å²) in [7, 11) is -2.00. The molecule has 0 aromatic carbocycles. The van der Waals surface area contributed by atoms with Crippen LogP contribution in [-0.4, -0.2) is 27.1 Å². The molecule has 1 aliphatic heterocycles. The summed E-state index contributed by atoms with van der Waals surface area (Å²) in [5.74, 6) is 3.18. The van der Waals surface area contributed by atoms with Gasteiger partial charge in [0.05, 0.1) is 24.5 Å². The zero-order valence-electron chi connectivity index (χ0n) is 16.6. The number of nitrogens with zero attached hydrogens (tertiary/aromatic N) is 3. The molecular weight excluding hydrogens is 330 g/mol. The summed E-state index contributed by atoms with van der Waals surface area (Å²) >= 11 is 0. The topological polar surface area (TPSA) is 67.2 Å². The molecule has 0 unspecified atom stereocenters. The fourth-order valence-electron chi connectivity index (χ4n) is 6.10. The lowest BCUT2D eigenvalue weighted by molar-refractivity contribution is -0.0133. The molecule has 140 valence electrons. The van der Waals surface area contributed by atoms with Gasteiger partial charge >= 0.3 is 0 Å². The minimum atomic E-state index is -2.00. The van der Waals surface area contributed by atoms with Gasteiger partial charge in [-0.3, -0.25) is 0 Å². The smallest absolute Gasteiger partial charge is 0.258 e. The molecule has 6 atom stereocenters. The number of azide groups is 1. The fraction of sp³-hybridized carbons (Fsp3) is 0.895.